The van der Waals surface area contributed by atoms with Crippen LogP contribution in [0.4, 0.5) is 0 Å². The van der Waals surface area contributed by atoms with E-state index in [1.54, 1.807) is 6.92 Å². The standard InChI is InChI=1S/C9H15ClN2O2S2/c1-6-7(15-8(10)12-6)16(13,14)11-5-9(2,3)4/h11H,5H2,1-4H3. The average molecular weight is 283 g/mol. The van der Waals surface area contributed by atoms with Crippen molar-refractivity contribution in [1.82, 2.24) is 9.71 Å². The number of nitrogens with one attached hydrogen (secondary N) is 1. The van der Waals surface area contributed by atoms with Gasteiger partial charge in [0.2, 0.25) is 0 Å². The molecule has 1 aromatic heterocycles. The minimum Gasteiger partial charge on any atom is -0.229 e. The molecule has 0 aliphatic heterocycles. The maximum absolute atomic E-state index is 11.9. The van der Waals surface area contributed by atoms with E-state index < -0.39 is 10.0 Å². The zero-order valence-corrected chi connectivity index (χ0v) is 12.1. The van der Waals surface area contributed by atoms with E-state index in [1.807, 2.05) is 20.8 Å². The van der Waals surface area contributed by atoms with Crippen molar-refractivity contribution in [3.63, 3.8) is 0 Å². The molecule has 0 saturated carbocycles. The van der Waals surface area contributed by atoms with Gasteiger partial charge in [0, 0.05) is 6.54 Å². The predicted molar refractivity (Wildman–Crippen MR) is 66.5 cm³/mol. The molecule has 0 aliphatic carbocycles. The Morgan fingerprint density at radius 3 is 2.38 bits per heavy atom. The summed E-state index contributed by atoms with van der Waals surface area (Å²) in [6, 6.07) is 0. The maximum atomic E-state index is 11.9. The first kappa shape index (κ1) is 13.9. The lowest BCUT2D eigenvalue weighted by atomic mass is 9.98. The first-order valence-corrected chi connectivity index (χ1v) is 7.42. The number of hydrogen-bond donors (Lipinski definition) is 1. The quantitative estimate of drug-likeness (QED) is 0.926. The number of sulfonamides is 1. The van der Waals surface area contributed by atoms with Gasteiger partial charge in [0.05, 0.1) is 5.69 Å². The monoisotopic (exact) mass is 282 g/mol. The van der Waals surface area contributed by atoms with Crippen LogP contribution >= 0.6 is 22.9 Å². The normalized spacial score (nSPS) is 13.1. The van der Waals surface area contributed by atoms with E-state index in [2.05, 4.69) is 9.71 Å². The van der Waals surface area contributed by atoms with Crippen molar-refractivity contribution in [2.24, 2.45) is 5.41 Å². The number of aromatic nitrogens is 1. The molecule has 0 amide bonds. The van der Waals surface area contributed by atoms with E-state index in [0.717, 1.165) is 11.3 Å². The van der Waals surface area contributed by atoms with Crippen molar-refractivity contribution in [3.05, 3.63) is 10.2 Å². The average Bonchev–Trinajstić information content (AvgIpc) is 2.42. The molecule has 1 rings (SSSR count). The summed E-state index contributed by atoms with van der Waals surface area (Å²) in [4.78, 5) is 3.89. The van der Waals surface area contributed by atoms with Crippen LogP contribution in [-0.4, -0.2) is 19.9 Å². The van der Waals surface area contributed by atoms with Crippen LogP contribution in [0.15, 0.2) is 4.21 Å². The van der Waals surface area contributed by atoms with Crippen molar-refractivity contribution >= 4 is 33.0 Å². The van der Waals surface area contributed by atoms with Crippen LogP contribution in [0.1, 0.15) is 26.5 Å². The molecule has 1 aromatic rings. The largest absolute Gasteiger partial charge is 0.252 e. The second kappa shape index (κ2) is 4.60. The zero-order valence-electron chi connectivity index (χ0n) is 9.67. The van der Waals surface area contributed by atoms with E-state index in [-0.39, 0.29) is 14.1 Å². The van der Waals surface area contributed by atoms with E-state index in [9.17, 15) is 8.42 Å². The third-order valence-corrected chi connectivity index (χ3v) is 5.04. The molecule has 1 heterocycles. The molecule has 0 atom stereocenters. The Morgan fingerprint density at radius 2 is 2.00 bits per heavy atom. The number of rotatable bonds is 3. The minimum absolute atomic E-state index is 0.102. The first-order chi connectivity index (χ1) is 7.12. The summed E-state index contributed by atoms with van der Waals surface area (Å²) in [5.41, 5.74) is 0.339. The van der Waals surface area contributed by atoms with Gasteiger partial charge in [0.15, 0.2) is 8.68 Å². The molecular weight excluding hydrogens is 268 g/mol. The lowest BCUT2D eigenvalue weighted by molar-refractivity contribution is 0.408. The lowest BCUT2D eigenvalue weighted by Gasteiger charge is -2.18. The SMILES string of the molecule is Cc1nc(Cl)sc1S(=O)(=O)NCC(C)(C)C. The molecule has 0 aliphatic rings. The van der Waals surface area contributed by atoms with E-state index in [4.69, 9.17) is 11.6 Å². The van der Waals surface area contributed by atoms with Gasteiger partial charge in [-0.15, -0.1) is 0 Å². The van der Waals surface area contributed by atoms with Crippen molar-refractivity contribution < 1.29 is 8.42 Å². The number of thiazole rings is 1. The third-order valence-electron chi connectivity index (χ3n) is 1.76. The molecule has 0 unspecified atom stereocenters. The van der Waals surface area contributed by atoms with Crippen LogP contribution in [0.3, 0.4) is 0 Å². The summed E-state index contributed by atoms with van der Waals surface area (Å²) in [5.74, 6) is 0. The van der Waals surface area contributed by atoms with Gasteiger partial charge in [0.1, 0.15) is 0 Å². The minimum atomic E-state index is -3.48. The lowest BCUT2D eigenvalue weighted by Crippen LogP contribution is -2.32. The molecule has 16 heavy (non-hydrogen) atoms. The number of hydrogen-bond acceptors (Lipinski definition) is 4. The second-order valence-electron chi connectivity index (χ2n) is 4.72. The van der Waals surface area contributed by atoms with Crippen LogP contribution in [0, 0.1) is 12.3 Å². The third kappa shape index (κ3) is 3.69. The number of halogens is 1. The highest BCUT2D eigenvalue weighted by molar-refractivity contribution is 7.91. The van der Waals surface area contributed by atoms with Gasteiger partial charge in [-0.2, -0.15) is 0 Å². The van der Waals surface area contributed by atoms with Crippen molar-refractivity contribution in [3.8, 4) is 0 Å². The van der Waals surface area contributed by atoms with Gasteiger partial charge >= 0.3 is 0 Å². The topological polar surface area (TPSA) is 59.1 Å². The molecular formula is C9H15ClN2O2S2. The molecule has 4 nitrogen and oxygen atoms in total. The first-order valence-electron chi connectivity index (χ1n) is 4.74. The van der Waals surface area contributed by atoms with Crippen LogP contribution in [-0.2, 0) is 10.0 Å². The molecule has 92 valence electrons. The molecule has 0 spiro atoms. The maximum Gasteiger partial charge on any atom is 0.252 e. The molecule has 0 saturated heterocycles. The van der Waals surface area contributed by atoms with Gasteiger partial charge in [-0.1, -0.05) is 43.7 Å². The van der Waals surface area contributed by atoms with Crippen LogP contribution in [0.25, 0.3) is 0 Å². The van der Waals surface area contributed by atoms with Gasteiger partial charge in [0.25, 0.3) is 10.0 Å². The molecule has 0 bridgehead atoms. The van der Waals surface area contributed by atoms with Gasteiger partial charge < -0.3 is 0 Å². The van der Waals surface area contributed by atoms with Crippen molar-refractivity contribution in [2.75, 3.05) is 6.54 Å². The van der Waals surface area contributed by atoms with Gasteiger partial charge in [-0.05, 0) is 12.3 Å². The number of aryl methyl sites for hydroxylation is 1. The van der Waals surface area contributed by atoms with Gasteiger partial charge in [-0.25, -0.2) is 18.1 Å². The summed E-state index contributed by atoms with van der Waals surface area (Å²) in [6.45, 7) is 7.89. The van der Waals surface area contributed by atoms with Crippen LogP contribution in [0.5, 0.6) is 0 Å². The molecule has 0 radical (unpaired) electrons. The highest BCUT2D eigenvalue weighted by atomic mass is 35.5. The Kier molecular flexibility index (Phi) is 3.99. The summed E-state index contributed by atoms with van der Waals surface area (Å²) in [5, 5.41) is 0. The van der Waals surface area contributed by atoms with E-state index in [0.29, 0.717) is 12.2 Å². The van der Waals surface area contributed by atoms with Crippen LogP contribution in [0.2, 0.25) is 4.47 Å². The zero-order chi connectivity index (χ0) is 12.6. The fourth-order valence-corrected chi connectivity index (χ4v) is 4.04. The molecule has 0 aromatic carbocycles. The Hall–Kier alpha value is -0.170. The molecule has 1 N–H and O–H groups in total. The summed E-state index contributed by atoms with van der Waals surface area (Å²) >= 11 is 6.65. The van der Waals surface area contributed by atoms with Crippen molar-refractivity contribution in [2.45, 2.75) is 31.9 Å². The van der Waals surface area contributed by atoms with Crippen molar-refractivity contribution in [1.29, 1.82) is 0 Å². The van der Waals surface area contributed by atoms with Gasteiger partial charge in [-0.3, -0.25) is 0 Å². The number of nitrogens with zero attached hydrogens (tertiary/aromatic N) is 1. The Morgan fingerprint density at radius 1 is 1.44 bits per heavy atom. The predicted octanol–water partition coefficient (Wildman–Crippen LogP) is 2.43. The fourth-order valence-electron chi connectivity index (χ4n) is 0.977. The summed E-state index contributed by atoms with van der Waals surface area (Å²) in [7, 11) is -3.48. The van der Waals surface area contributed by atoms with E-state index >= 15 is 0 Å². The van der Waals surface area contributed by atoms with E-state index in [1.165, 1.54) is 0 Å². The second-order valence-corrected chi connectivity index (χ2v) is 8.27. The fraction of sp³-hybridized carbons (Fsp3) is 0.667. The smallest absolute Gasteiger partial charge is 0.229 e. The molecule has 0 fully saturated rings. The highest BCUT2D eigenvalue weighted by Crippen LogP contribution is 2.26. The van der Waals surface area contributed by atoms with Crippen LogP contribution < -0.4 is 4.72 Å². The molecule has 7 heteroatoms. The Labute approximate surface area is 105 Å². The summed E-state index contributed by atoms with van der Waals surface area (Å²) < 4.78 is 26.8. The highest BCUT2D eigenvalue weighted by Gasteiger charge is 2.23. The summed E-state index contributed by atoms with van der Waals surface area (Å²) in [6.07, 6.45) is 0. The Balaban J connectivity index is 2.91. The Bertz CT molecular complexity index is 474.